The van der Waals surface area contributed by atoms with Gasteiger partial charge in [0, 0.05) is 12.2 Å². The maximum absolute atomic E-state index is 12.3. The van der Waals surface area contributed by atoms with Gasteiger partial charge in [-0.05, 0) is 27.7 Å². The van der Waals surface area contributed by atoms with E-state index in [0.29, 0.717) is 6.08 Å². The van der Waals surface area contributed by atoms with E-state index in [0.717, 1.165) is 6.08 Å². The van der Waals surface area contributed by atoms with Crippen LogP contribution in [0.4, 0.5) is 0 Å². The molecular weight excluding hydrogens is 287 g/mol. The Morgan fingerprint density at radius 1 is 1.15 bits per heavy atom. The van der Waals surface area contributed by atoms with Crippen molar-refractivity contribution in [1.82, 2.24) is 0 Å². The molecule has 0 aromatic rings. The highest BCUT2D eigenvalue weighted by Crippen LogP contribution is 2.50. The summed E-state index contributed by atoms with van der Waals surface area (Å²) >= 11 is 0. The summed E-state index contributed by atoms with van der Waals surface area (Å²) in [6.07, 6.45) is 1.34. The van der Waals surface area contributed by atoms with E-state index in [1.165, 1.54) is 0 Å². The highest BCUT2D eigenvalue weighted by molar-refractivity contribution is 7.53. The van der Waals surface area contributed by atoms with E-state index in [1.54, 1.807) is 27.7 Å². The zero-order chi connectivity index (χ0) is 15.8. The Kier molecular flexibility index (Phi) is 7.71. The van der Waals surface area contributed by atoms with Crippen LogP contribution in [0, 0.1) is 0 Å². The second-order valence-electron chi connectivity index (χ2n) is 4.46. The van der Waals surface area contributed by atoms with Crippen LogP contribution in [0.25, 0.3) is 0 Å². The van der Waals surface area contributed by atoms with Gasteiger partial charge in [0.1, 0.15) is 5.60 Å². The monoisotopic (exact) mass is 308 g/mol. The van der Waals surface area contributed by atoms with Crippen LogP contribution in [-0.4, -0.2) is 42.0 Å². The molecule has 8 heteroatoms. The number of esters is 1. The summed E-state index contributed by atoms with van der Waals surface area (Å²) in [6.45, 7) is 6.87. The van der Waals surface area contributed by atoms with Crippen LogP contribution in [-0.2, 0) is 27.9 Å². The van der Waals surface area contributed by atoms with Gasteiger partial charge in [-0.25, -0.2) is 9.59 Å². The van der Waals surface area contributed by atoms with Crippen molar-refractivity contribution in [2.24, 2.45) is 0 Å². The third-order valence-electron chi connectivity index (χ3n) is 1.96. The molecule has 0 aliphatic carbocycles. The molecule has 0 aromatic carbocycles. The van der Waals surface area contributed by atoms with E-state index in [4.69, 9.17) is 18.9 Å². The zero-order valence-electron chi connectivity index (χ0n) is 12.1. The van der Waals surface area contributed by atoms with Crippen LogP contribution >= 0.6 is 7.60 Å². The molecule has 0 amide bonds. The predicted octanol–water partition coefficient (Wildman–Crippen LogP) is 2.22. The molecule has 0 aromatic heterocycles. The predicted molar refractivity (Wildman–Crippen MR) is 72.7 cm³/mol. The Morgan fingerprint density at radius 3 is 2.05 bits per heavy atom. The van der Waals surface area contributed by atoms with E-state index < -0.39 is 25.1 Å². The minimum absolute atomic E-state index is 0.117. The normalized spacial score (nSPS) is 12.6. The number of carboxylic acids is 1. The van der Waals surface area contributed by atoms with Crippen molar-refractivity contribution in [1.29, 1.82) is 0 Å². The Labute approximate surface area is 118 Å². The van der Waals surface area contributed by atoms with Crippen molar-refractivity contribution in [3.63, 3.8) is 0 Å². The van der Waals surface area contributed by atoms with Crippen molar-refractivity contribution in [2.75, 3.05) is 19.4 Å². The van der Waals surface area contributed by atoms with Crippen LogP contribution in [0.5, 0.6) is 0 Å². The SMILES string of the molecule is CCOP(=O)(CC(C)(C)OC(=O)C=CC(=O)O)OCC. The third kappa shape index (κ3) is 8.09. The van der Waals surface area contributed by atoms with Gasteiger partial charge in [-0.15, -0.1) is 0 Å². The summed E-state index contributed by atoms with van der Waals surface area (Å²) in [5.74, 6) is -2.09. The molecule has 0 bridgehead atoms. The number of carbonyl (C=O) groups is 2. The van der Waals surface area contributed by atoms with Crippen LogP contribution < -0.4 is 0 Å². The summed E-state index contributed by atoms with van der Waals surface area (Å²) in [7, 11) is -3.35. The van der Waals surface area contributed by atoms with Gasteiger partial charge in [0.15, 0.2) is 0 Å². The highest BCUT2D eigenvalue weighted by atomic mass is 31.2. The fourth-order valence-electron chi connectivity index (χ4n) is 1.47. The maximum atomic E-state index is 12.3. The summed E-state index contributed by atoms with van der Waals surface area (Å²) < 4.78 is 27.6. The molecule has 116 valence electrons. The molecule has 0 rings (SSSR count). The Bertz CT molecular complexity index is 404. The summed E-state index contributed by atoms with van der Waals surface area (Å²) in [6, 6.07) is 0. The minimum atomic E-state index is -3.35. The Hall–Kier alpha value is -1.17. The molecule has 1 N–H and O–H groups in total. The number of hydrogen-bond acceptors (Lipinski definition) is 6. The highest BCUT2D eigenvalue weighted by Gasteiger charge is 2.35. The van der Waals surface area contributed by atoms with Crippen LogP contribution in [0.3, 0.4) is 0 Å². The van der Waals surface area contributed by atoms with Gasteiger partial charge in [-0.3, -0.25) is 4.57 Å². The quantitative estimate of drug-likeness (QED) is 0.396. The molecule has 0 heterocycles. The first kappa shape index (κ1) is 18.8. The van der Waals surface area contributed by atoms with E-state index in [9.17, 15) is 14.2 Å². The summed E-state index contributed by atoms with van der Waals surface area (Å²) in [5, 5.41) is 8.41. The largest absolute Gasteiger partial charge is 0.478 e. The molecule has 0 saturated carbocycles. The van der Waals surface area contributed by atoms with Crippen molar-refractivity contribution in [3.8, 4) is 0 Å². The van der Waals surface area contributed by atoms with Gasteiger partial charge in [-0.2, -0.15) is 0 Å². The van der Waals surface area contributed by atoms with Crippen LogP contribution in [0.1, 0.15) is 27.7 Å². The van der Waals surface area contributed by atoms with Crippen molar-refractivity contribution >= 4 is 19.5 Å². The first-order chi connectivity index (χ1) is 9.14. The zero-order valence-corrected chi connectivity index (χ0v) is 13.0. The average molecular weight is 308 g/mol. The van der Waals surface area contributed by atoms with Crippen LogP contribution in [0.15, 0.2) is 12.2 Å². The van der Waals surface area contributed by atoms with Gasteiger partial charge < -0.3 is 18.9 Å². The lowest BCUT2D eigenvalue weighted by molar-refractivity contribution is -0.148. The topological polar surface area (TPSA) is 99.1 Å². The molecule has 0 unspecified atom stereocenters. The third-order valence-corrected chi connectivity index (χ3v) is 4.42. The Balaban J connectivity index is 4.74. The minimum Gasteiger partial charge on any atom is -0.478 e. The first-order valence-corrected chi connectivity index (χ1v) is 7.89. The number of rotatable bonds is 9. The van der Waals surface area contributed by atoms with E-state index in [2.05, 4.69) is 0 Å². The summed E-state index contributed by atoms with van der Waals surface area (Å²) in [4.78, 5) is 21.7. The lowest BCUT2D eigenvalue weighted by Crippen LogP contribution is -2.32. The number of aliphatic carboxylic acids is 1. The van der Waals surface area contributed by atoms with E-state index >= 15 is 0 Å². The van der Waals surface area contributed by atoms with Gasteiger partial charge in [0.05, 0.1) is 19.4 Å². The number of ether oxygens (including phenoxy) is 1. The molecule has 0 radical (unpaired) electrons. The molecule has 0 aliphatic rings. The molecule has 0 fully saturated rings. The second-order valence-corrected chi connectivity index (χ2v) is 6.51. The lowest BCUT2D eigenvalue weighted by Gasteiger charge is -2.28. The van der Waals surface area contributed by atoms with E-state index in [1.807, 2.05) is 0 Å². The smallest absolute Gasteiger partial charge is 0.334 e. The average Bonchev–Trinajstić information content (AvgIpc) is 2.24. The van der Waals surface area contributed by atoms with Gasteiger partial charge in [-0.1, -0.05) is 0 Å². The van der Waals surface area contributed by atoms with Crippen molar-refractivity contribution in [3.05, 3.63) is 12.2 Å². The number of hydrogen-bond donors (Lipinski definition) is 1. The molecular formula is C12H21O7P. The molecule has 0 aliphatic heterocycles. The number of carbonyl (C=O) groups excluding carboxylic acids is 1. The van der Waals surface area contributed by atoms with Gasteiger partial charge >= 0.3 is 19.5 Å². The Morgan fingerprint density at radius 2 is 1.65 bits per heavy atom. The molecule has 20 heavy (non-hydrogen) atoms. The molecule has 0 atom stereocenters. The standard InChI is InChI=1S/C12H21O7P/c1-5-17-20(16,18-6-2)9-12(3,4)19-11(15)8-7-10(13)14/h7-8H,5-6,9H2,1-4H3,(H,13,14). The second kappa shape index (κ2) is 8.19. The maximum Gasteiger partial charge on any atom is 0.334 e. The van der Waals surface area contributed by atoms with Gasteiger partial charge in [0.2, 0.25) is 0 Å². The molecule has 0 spiro atoms. The van der Waals surface area contributed by atoms with Gasteiger partial charge in [0.25, 0.3) is 0 Å². The fourth-order valence-corrected chi connectivity index (χ4v) is 3.51. The van der Waals surface area contributed by atoms with E-state index in [-0.39, 0.29) is 19.4 Å². The van der Waals surface area contributed by atoms with Crippen molar-refractivity contribution < 1.29 is 33.0 Å². The lowest BCUT2D eigenvalue weighted by atomic mass is 10.2. The fraction of sp³-hybridized carbons (Fsp3) is 0.667. The van der Waals surface area contributed by atoms with Crippen molar-refractivity contribution in [2.45, 2.75) is 33.3 Å². The number of carboxylic acid groups (broad SMARTS) is 1. The van der Waals surface area contributed by atoms with Crippen LogP contribution in [0.2, 0.25) is 0 Å². The first-order valence-electron chi connectivity index (χ1n) is 6.16. The molecule has 7 nitrogen and oxygen atoms in total. The summed E-state index contributed by atoms with van der Waals surface area (Å²) in [5.41, 5.74) is -1.11. The molecule has 0 saturated heterocycles.